The summed E-state index contributed by atoms with van der Waals surface area (Å²) >= 11 is 0. The maximum Gasteiger partial charge on any atom is 1.00 e. The number of hydrogen-bond acceptors (Lipinski definition) is 9. The first-order valence-corrected chi connectivity index (χ1v) is 4.49. The van der Waals surface area contributed by atoms with Gasteiger partial charge < -0.3 is 52.4 Å². The van der Waals surface area contributed by atoms with Gasteiger partial charge >= 0.3 is 206 Å². The van der Waals surface area contributed by atoms with E-state index in [1.54, 1.807) is 0 Å². The second-order valence-corrected chi connectivity index (χ2v) is 2.81. The average molecular weight is 436 g/mol. The van der Waals surface area contributed by atoms with Crippen LogP contribution in [-0.2, 0) is 9.13 Å². The summed E-state index contributed by atoms with van der Waals surface area (Å²) in [5, 5.41) is 0. The van der Waals surface area contributed by atoms with Crippen LogP contribution < -0.4 is 244 Å². The van der Waals surface area contributed by atoms with E-state index in [1.165, 1.54) is 0 Å². The van der Waals surface area contributed by atoms with E-state index in [4.69, 9.17) is 38.5 Å². The van der Waals surface area contributed by atoms with E-state index in [0.717, 1.165) is 0 Å². The van der Waals surface area contributed by atoms with Crippen molar-refractivity contribution in [1.29, 1.82) is 0 Å². The Kier molecular flexibility index (Phi) is 125. The molecule has 0 bridgehead atoms. The van der Waals surface area contributed by atoms with Crippen LogP contribution in [0.4, 0.5) is 0 Å². The molecule has 96 valence electrons. The van der Waals surface area contributed by atoms with Gasteiger partial charge in [0.05, 0.1) is 0 Å². The van der Waals surface area contributed by atoms with Crippen molar-refractivity contribution < 1.29 is 244 Å². The fourth-order valence-corrected chi connectivity index (χ4v) is 0. The quantitative estimate of drug-likeness (QED) is 0.176. The Morgan fingerprint density at radius 2 is 0.667 bits per heavy atom. The van der Waals surface area contributed by atoms with Gasteiger partial charge in [0.15, 0.2) is 0 Å². The Balaban J connectivity index is -0.00000000615. The maximum absolute atomic E-state index is 8.77. The van der Waals surface area contributed by atoms with Crippen LogP contribution in [-0.4, -0.2) is 9.79 Å². The topological polar surface area (TPSA) is 272 Å². The predicted octanol–water partition coefficient (Wildman–Crippen LogP) is -15.5. The molecule has 0 aliphatic heterocycles. The summed E-state index contributed by atoms with van der Waals surface area (Å²) in [6.45, 7) is 0. The largest absolute Gasteiger partial charge is 1.00 e. The first-order valence-electron chi connectivity index (χ1n) is 1.50. The van der Waals surface area contributed by atoms with Crippen molar-refractivity contribution in [2.45, 2.75) is 0 Å². The van der Waals surface area contributed by atoms with Gasteiger partial charge in [0.2, 0.25) is 0 Å². The molecule has 0 spiro atoms. The van der Waals surface area contributed by atoms with Crippen molar-refractivity contribution >= 4 is 28.1 Å². The van der Waals surface area contributed by atoms with E-state index in [2.05, 4.69) is 0 Å². The second kappa shape index (κ2) is 35.1. The molecule has 0 aromatic carbocycles. The zero-order valence-electron chi connectivity index (χ0n) is 10.8. The fraction of sp³-hybridized carbons (Fsp3) is 0. The molecule has 0 rings (SSSR count). The molecule has 0 aliphatic rings. The first-order chi connectivity index (χ1) is 4.00. The molecule has 0 unspecified atom stereocenters. The SMILES string of the molecule is Cl.N.N.N.O=P([O-])(O)O.O=P([O-])([O-])[O-].[K+].[K+].[K+].[K+]. The summed E-state index contributed by atoms with van der Waals surface area (Å²) in [4.78, 5) is 48.6. The molecule has 0 fully saturated rings. The normalized spacial score (nSPS) is 6.56. The molecular formula is H12ClK4N3O8P2. The van der Waals surface area contributed by atoms with E-state index in [1.807, 2.05) is 0 Å². The van der Waals surface area contributed by atoms with Crippen LogP contribution in [0.1, 0.15) is 0 Å². The average Bonchev–Trinajstić information content (AvgIpc) is 1.12. The zero-order chi connectivity index (χ0) is 9.00. The van der Waals surface area contributed by atoms with Gasteiger partial charge in [0.25, 0.3) is 7.82 Å². The molecule has 11 N–H and O–H groups in total. The third kappa shape index (κ3) is 229. The Labute approximate surface area is 281 Å². The molecule has 11 nitrogen and oxygen atoms in total. The van der Waals surface area contributed by atoms with Crippen molar-refractivity contribution in [1.82, 2.24) is 18.5 Å². The van der Waals surface area contributed by atoms with E-state index >= 15 is 0 Å². The predicted molar refractivity (Wildman–Crippen MR) is 42.0 cm³/mol. The molecule has 0 amide bonds. The molecule has 18 heavy (non-hydrogen) atoms. The fourth-order valence-electron chi connectivity index (χ4n) is 0. The van der Waals surface area contributed by atoms with Crippen LogP contribution in [0.3, 0.4) is 0 Å². The summed E-state index contributed by atoms with van der Waals surface area (Å²) in [5.41, 5.74) is 0. The van der Waals surface area contributed by atoms with Crippen molar-refractivity contribution in [3.8, 4) is 0 Å². The summed E-state index contributed by atoms with van der Waals surface area (Å²) in [7, 11) is -10.3. The third-order valence-corrected chi connectivity index (χ3v) is 0. The van der Waals surface area contributed by atoms with Crippen LogP contribution in [0.15, 0.2) is 0 Å². The van der Waals surface area contributed by atoms with Crippen LogP contribution in [0.5, 0.6) is 0 Å². The van der Waals surface area contributed by atoms with Crippen LogP contribution in [0.2, 0.25) is 0 Å². The van der Waals surface area contributed by atoms with Crippen molar-refractivity contribution in [2.24, 2.45) is 0 Å². The minimum absolute atomic E-state index is 0. The minimum atomic E-state index is -5.39. The summed E-state index contributed by atoms with van der Waals surface area (Å²) in [5.74, 6) is 0. The van der Waals surface area contributed by atoms with E-state index in [9.17, 15) is 0 Å². The van der Waals surface area contributed by atoms with E-state index in [-0.39, 0.29) is 236 Å². The standard InChI is InChI=1S/ClH.4K.3H3N.2H3O4P/c;;;;;;;;2*1-5(2,3)4/h1H;;;;;3*1H3;2*(H3,1,2,3,4)/q;4*+1;;;;;/p-4. The first kappa shape index (κ1) is 64.0. The third-order valence-electron chi connectivity index (χ3n) is 0. The van der Waals surface area contributed by atoms with Crippen molar-refractivity contribution in [3.63, 3.8) is 0 Å². The van der Waals surface area contributed by atoms with Crippen molar-refractivity contribution in [3.05, 3.63) is 0 Å². The molecule has 0 saturated carbocycles. The number of hydrogen-bond donors (Lipinski definition) is 5. The van der Waals surface area contributed by atoms with E-state index < -0.39 is 15.6 Å². The summed E-state index contributed by atoms with van der Waals surface area (Å²) in [6, 6.07) is 0. The minimum Gasteiger partial charge on any atom is -0.822 e. The number of phosphoric acid groups is 2. The van der Waals surface area contributed by atoms with Crippen LogP contribution >= 0.6 is 28.1 Å². The van der Waals surface area contributed by atoms with Gasteiger partial charge in [0.1, 0.15) is 0 Å². The molecule has 0 saturated heterocycles. The Hall–Kier alpha value is 6.94. The van der Waals surface area contributed by atoms with E-state index in [0.29, 0.717) is 0 Å². The van der Waals surface area contributed by atoms with Gasteiger partial charge in [-0.15, -0.1) is 12.4 Å². The van der Waals surface area contributed by atoms with Gasteiger partial charge in [-0.25, -0.2) is 0 Å². The molecule has 0 aliphatic carbocycles. The van der Waals surface area contributed by atoms with Gasteiger partial charge in [0, 0.05) is 0 Å². The summed E-state index contributed by atoms with van der Waals surface area (Å²) in [6.07, 6.45) is 0. The molecule has 0 aromatic heterocycles. The number of halogens is 1. The van der Waals surface area contributed by atoms with Gasteiger partial charge in [-0.1, -0.05) is 0 Å². The van der Waals surface area contributed by atoms with Crippen LogP contribution in [0.25, 0.3) is 0 Å². The van der Waals surface area contributed by atoms with Crippen molar-refractivity contribution in [2.75, 3.05) is 0 Å². The molecule has 0 aromatic rings. The molecule has 18 heteroatoms. The Bertz CT molecular complexity index is 149. The second-order valence-electron chi connectivity index (χ2n) is 0.938. The van der Waals surface area contributed by atoms with Gasteiger partial charge in [-0.3, -0.25) is 4.57 Å². The maximum atomic E-state index is 8.77. The molecule has 0 atom stereocenters. The summed E-state index contributed by atoms with van der Waals surface area (Å²) < 4.78 is 17.3. The Morgan fingerprint density at radius 3 is 0.667 bits per heavy atom. The number of rotatable bonds is 0. The van der Waals surface area contributed by atoms with Crippen LogP contribution in [0, 0.1) is 0 Å². The van der Waals surface area contributed by atoms with Gasteiger partial charge in [-0.2, -0.15) is 7.82 Å². The monoisotopic (exact) mass is 435 g/mol. The molecule has 0 heterocycles. The Morgan fingerprint density at radius 1 is 0.667 bits per heavy atom. The van der Waals surface area contributed by atoms with Gasteiger partial charge in [-0.05, 0) is 0 Å². The zero-order valence-corrected chi connectivity index (χ0v) is 25.9. The molecular weight excluding hydrogens is 424 g/mol. The molecule has 0 radical (unpaired) electrons. The smallest absolute Gasteiger partial charge is 0.822 e.